The second-order valence-electron chi connectivity index (χ2n) is 5.74. The molecule has 0 atom stereocenters. The van der Waals surface area contributed by atoms with E-state index in [9.17, 15) is 4.79 Å². The normalized spacial score (nSPS) is 10.3. The number of ether oxygens (including phenoxy) is 1. The molecule has 0 bridgehead atoms. The van der Waals surface area contributed by atoms with E-state index < -0.39 is 0 Å². The van der Waals surface area contributed by atoms with Crippen LogP contribution in [0.1, 0.15) is 16.3 Å². The number of carbonyl (C=O) groups excluding carboxylic acids is 1. The van der Waals surface area contributed by atoms with Crippen molar-refractivity contribution >= 4 is 23.1 Å². The van der Waals surface area contributed by atoms with Crippen LogP contribution in [0.2, 0.25) is 0 Å². The number of nitrogens with one attached hydrogen (secondary N) is 1. The number of aromatic nitrogens is 2. The molecule has 6 heteroatoms. The summed E-state index contributed by atoms with van der Waals surface area (Å²) in [6.45, 7) is 1.77. The van der Waals surface area contributed by atoms with E-state index >= 15 is 0 Å². The SMILES string of the molecule is COc1cccc(NC(=O)c2cc(N(C)c3ccccc3)nc(C)n2)c1. The van der Waals surface area contributed by atoms with Crippen molar-refractivity contribution in [2.24, 2.45) is 0 Å². The Bertz CT molecular complexity index is 913. The quantitative estimate of drug-likeness (QED) is 0.759. The number of amides is 1. The third kappa shape index (κ3) is 3.97. The summed E-state index contributed by atoms with van der Waals surface area (Å²) in [5, 5.41) is 2.84. The Balaban J connectivity index is 1.86. The molecule has 2 aromatic carbocycles. The highest BCUT2D eigenvalue weighted by Gasteiger charge is 2.14. The first-order chi connectivity index (χ1) is 12.6. The smallest absolute Gasteiger partial charge is 0.274 e. The molecule has 1 aromatic heterocycles. The van der Waals surface area contributed by atoms with E-state index in [2.05, 4.69) is 15.3 Å². The number of aryl methyl sites for hydroxylation is 1. The molecule has 0 aliphatic carbocycles. The van der Waals surface area contributed by atoms with Gasteiger partial charge in [-0.2, -0.15) is 0 Å². The summed E-state index contributed by atoms with van der Waals surface area (Å²) in [5.74, 6) is 1.55. The molecular weight excluding hydrogens is 328 g/mol. The van der Waals surface area contributed by atoms with Crippen LogP contribution in [0.4, 0.5) is 17.2 Å². The Morgan fingerprint density at radius 2 is 1.81 bits per heavy atom. The number of carbonyl (C=O) groups is 1. The van der Waals surface area contributed by atoms with E-state index in [-0.39, 0.29) is 5.91 Å². The summed E-state index contributed by atoms with van der Waals surface area (Å²) in [7, 11) is 3.49. The molecule has 3 aromatic rings. The molecule has 6 nitrogen and oxygen atoms in total. The van der Waals surface area contributed by atoms with Crippen LogP contribution in [0.3, 0.4) is 0 Å². The molecule has 0 saturated carbocycles. The fourth-order valence-corrected chi connectivity index (χ4v) is 2.52. The van der Waals surface area contributed by atoms with Crippen molar-refractivity contribution in [2.75, 3.05) is 24.4 Å². The summed E-state index contributed by atoms with van der Waals surface area (Å²) < 4.78 is 5.18. The molecule has 0 radical (unpaired) electrons. The highest BCUT2D eigenvalue weighted by Crippen LogP contribution is 2.22. The Labute approximate surface area is 152 Å². The zero-order valence-corrected chi connectivity index (χ0v) is 14.9. The molecule has 132 valence electrons. The minimum absolute atomic E-state index is 0.300. The summed E-state index contributed by atoms with van der Waals surface area (Å²) in [5.41, 5.74) is 1.92. The molecule has 0 spiro atoms. The first-order valence-corrected chi connectivity index (χ1v) is 8.16. The Morgan fingerprint density at radius 1 is 1.04 bits per heavy atom. The summed E-state index contributed by atoms with van der Waals surface area (Å²) in [4.78, 5) is 23.2. The molecule has 0 saturated heterocycles. The zero-order valence-electron chi connectivity index (χ0n) is 14.9. The predicted molar refractivity (Wildman–Crippen MR) is 102 cm³/mol. The van der Waals surface area contributed by atoms with Gasteiger partial charge in [0.1, 0.15) is 23.1 Å². The number of rotatable bonds is 5. The van der Waals surface area contributed by atoms with Gasteiger partial charge in [-0.25, -0.2) is 9.97 Å². The average Bonchev–Trinajstić information content (AvgIpc) is 2.67. The van der Waals surface area contributed by atoms with Gasteiger partial charge in [0.15, 0.2) is 0 Å². The minimum atomic E-state index is -0.300. The second-order valence-corrected chi connectivity index (χ2v) is 5.74. The van der Waals surface area contributed by atoms with Gasteiger partial charge in [-0.15, -0.1) is 0 Å². The average molecular weight is 348 g/mol. The van der Waals surface area contributed by atoms with Gasteiger partial charge in [-0.1, -0.05) is 24.3 Å². The number of para-hydroxylation sites is 1. The van der Waals surface area contributed by atoms with Gasteiger partial charge in [-0.3, -0.25) is 4.79 Å². The standard InChI is InChI=1S/C20H20N4O2/c1-14-21-18(20(25)23-15-8-7-11-17(12-15)26-3)13-19(22-14)24(2)16-9-5-4-6-10-16/h4-13H,1-3H3,(H,23,25). The van der Waals surface area contributed by atoms with Crippen LogP contribution in [-0.4, -0.2) is 30.0 Å². The largest absolute Gasteiger partial charge is 0.497 e. The maximum atomic E-state index is 12.6. The van der Waals surface area contributed by atoms with Gasteiger partial charge >= 0.3 is 0 Å². The van der Waals surface area contributed by atoms with Gasteiger partial charge in [0, 0.05) is 30.6 Å². The molecule has 3 rings (SSSR count). The van der Waals surface area contributed by atoms with Crippen LogP contribution in [0.15, 0.2) is 60.7 Å². The van der Waals surface area contributed by atoms with Crippen molar-refractivity contribution in [1.29, 1.82) is 0 Å². The van der Waals surface area contributed by atoms with Gasteiger partial charge in [0.2, 0.25) is 0 Å². The molecule has 0 aliphatic heterocycles. The van der Waals surface area contributed by atoms with Gasteiger partial charge < -0.3 is 15.0 Å². The number of hydrogen-bond acceptors (Lipinski definition) is 5. The second kappa shape index (κ2) is 7.65. The molecular formula is C20H20N4O2. The molecule has 0 aliphatic rings. The maximum Gasteiger partial charge on any atom is 0.274 e. The Hall–Kier alpha value is -3.41. The van der Waals surface area contributed by atoms with E-state index in [0.29, 0.717) is 28.8 Å². The minimum Gasteiger partial charge on any atom is -0.497 e. The van der Waals surface area contributed by atoms with Crippen molar-refractivity contribution in [3.05, 3.63) is 72.2 Å². The van der Waals surface area contributed by atoms with Crippen molar-refractivity contribution < 1.29 is 9.53 Å². The van der Waals surface area contributed by atoms with Crippen LogP contribution < -0.4 is 15.0 Å². The van der Waals surface area contributed by atoms with Gasteiger partial charge in [0.25, 0.3) is 5.91 Å². The van der Waals surface area contributed by atoms with Crippen molar-refractivity contribution in [3.8, 4) is 5.75 Å². The fourth-order valence-electron chi connectivity index (χ4n) is 2.52. The first-order valence-electron chi connectivity index (χ1n) is 8.16. The molecule has 0 unspecified atom stereocenters. The van der Waals surface area contributed by atoms with Gasteiger partial charge in [0.05, 0.1) is 7.11 Å². The molecule has 1 heterocycles. The summed E-state index contributed by atoms with van der Waals surface area (Å²) >= 11 is 0. The van der Waals surface area contributed by atoms with E-state index in [1.54, 1.807) is 32.2 Å². The molecule has 26 heavy (non-hydrogen) atoms. The van der Waals surface area contributed by atoms with E-state index in [1.807, 2.05) is 54.4 Å². The van der Waals surface area contributed by atoms with Crippen molar-refractivity contribution in [1.82, 2.24) is 9.97 Å². The van der Waals surface area contributed by atoms with Crippen LogP contribution in [0.5, 0.6) is 5.75 Å². The lowest BCUT2D eigenvalue weighted by atomic mass is 10.2. The number of nitrogens with zero attached hydrogens (tertiary/aromatic N) is 3. The Kier molecular flexibility index (Phi) is 5.12. The number of benzene rings is 2. The van der Waals surface area contributed by atoms with Crippen LogP contribution in [0, 0.1) is 6.92 Å². The summed E-state index contributed by atoms with van der Waals surface area (Å²) in [6, 6.07) is 18.7. The molecule has 0 fully saturated rings. The lowest BCUT2D eigenvalue weighted by molar-refractivity contribution is 0.102. The highest BCUT2D eigenvalue weighted by atomic mass is 16.5. The van der Waals surface area contributed by atoms with E-state index in [4.69, 9.17) is 4.74 Å². The number of anilines is 3. The number of hydrogen-bond donors (Lipinski definition) is 1. The maximum absolute atomic E-state index is 12.6. The van der Waals surface area contributed by atoms with Gasteiger partial charge in [-0.05, 0) is 31.2 Å². The lowest BCUT2D eigenvalue weighted by Crippen LogP contribution is -2.18. The van der Waals surface area contributed by atoms with E-state index in [0.717, 1.165) is 5.69 Å². The van der Waals surface area contributed by atoms with Crippen LogP contribution in [0.25, 0.3) is 0 Å². The first kappa shape index (κ1) is 17.4. The summed E-state index contributed by atoms with van der Waals surface area (Å²) in [6.07, 6.45) is 0. The number of methoxy groups -OCH3 is 1. The lowest BCUT2D eigenvalue weighted by Gasteiger charge is -2.19. The zero-order chi connectivity index (χ0) is 18.5. The van der Waals surface area contributed by atoms with Crippen LogP contribution in [-0.2, 0) is 0 Å². The topological polar surface area (TPSA) is 67.3 Å². The van der Waals surface area contributed by atoms with Crippen molar-refractivity contribution in [3.63, 3.8) is 0 Å². The van der Waals surface area contributed by atoms with Crippen molar-refractivity contribution in [2.45, 2.75) is 6.92 Å². The predicted octanol–water partition coefficient (Wildman–Crippen LogP) is 3.81. The monoisotopic (exact) mass is 348 g/mol. The highest BCUT2D eigenvalue weighted by molar-refractivity contribution is 6.03. The fraction of sp³-hybridized carbons (Fsp3) is 0.150. The third-order valence-electron chi connectivity index (χ3n) is 3.87. The Morgan fingerprint density at radius 3 is 2.54 bits per heavy atom. The third-order valence-corrected chi connectivity index (χ3v) is 3.87. The molecule has 1 N–H and O–H groups in total. The van der Waals surface area contributed by atoms with E-state index in [1.165, 1.54) is 0 Å². The van der Waals surface area contributed by atoms with Crippen LogP contribution >= 0.6 is 0 Å². The molecule has 1 amide bonds.